The average molecular weight is 335 g/mol. The van der Waals surface area contributed by atoms with Gasteiger partial charge in [0, 0.05) is 0 Å². The maximum Gasteiger partial charge on any atom is 0.341 e. The van der Waals surface area contributed by atoms with Gasteiger partial charge in [0.25, 0.3) is 0 Å². The molecule has 2 aliphatic carbocycles. The first-order valence-corrected chi connectivity index (χ1v) is 8.37. The molecule has 0 radical (unpaired) electrons. The van der Waals surface area contributed by atoms with Crippen LogP contribution in [0.4, 0.5) is 5.00 Å². The molecule has 3 rings (SSSR count). The quantitative estimate of drug-likeness (QED) is 0.636. The maximum absolute atomic E-state index is 12.6. The highest BCUT2D eigenvalue weighted by atomic mass is 32.1. The van der Waals surface area contributed by atoms with Crippen LogP contribution in [0.1, 0.15) is 23.7 Å². The molecule has 0 spiro atoms. The highest BCUT2D eigenvalue weighted by molar-refractivity contribution is 7.14. The smallest absolute Gasteiger partial charge is 0.341 e. The van der Waals surface area contributed by atoms with E-state index < -0.39 is 23.8 Å². The summed E-state index contributed by atoms with van der Waals surface area (Å²) in [7, 11) is 0. The van der Waals surface area contributed by atoms with E-state index in [0.29, 0.717) is 17.0 Å². The molecule has 1 fully saturated rings. The molecule has 7 heteroatoms. The van der Waals surface area contributed by atoms with Gasteiger partial charge in [-0.15, -0.1) is 11.3 Å². The second-order valence-electron chi connectivity index (χ2n) is 5.71. The van der Waals surface area contributed by atoms with E-state index in [0.717, 1.165) is 0 Å². The molecular formula is C16H17NO5S. The van der Waals surface area contributed by atoms with Crippen LogP contribution in [0.2, 0.25) is 0 Å². The number of carboxylic acids is 1. The zero-order valence-electron chi connectivity index (χ0n) is 12.5. The fraction of sp³-hybridized carbons (Fsp3) is 0.438. The molecule has 23 heavy (non-hydrogen) atoms. The van der Waals surface area contributed by atoms with Gasteiger partial charge in [-0.2, -0.15) is 0 Å². The molecule has 122 valence electrons. The van der Waals surface area contributed by atoms with Crippen LogP contribution in [0.3, 0.4) is 0 Å². The highest BCUT2D eigenvalue weighted by Crippen LogP contribution is 2.48. The number of carbonyl (C=O) groups is 3. The molecule has 1 aromatic heterocycles. The summed E-state index contributed by atoms with van der Waals surface area (Å²) in [4.78, 5) is 35.9. The van der Waals surface area contributed by atoms with Gasteiger partial charge in [0.2, 0.25) is 5.91 Å². The largest absolute Gasteiger partial charge is 0.481 e. The van der Waals surface area contributed by atoms with Gasteiger partial charge in [-0.05, 0) is 36.6 Å². The second-order valence-corrected chi connectivity index (χ2v) is 6.63. The van der Waals surface area contributed by atoms with Crippen molar-refractivity contribution in [2.45, 2.75) is 13.3 Å². The van der Waals surface area contributed by atoms with E-state index in [4.69, 9.17) is 4.74 Å². The third-order valence-corrected chi connectivity index (χ3v) is 5.27. The topological polar surface area (TPSA) is 92.7 Å². The number of hydrogen-bond acceptors (Lipinski definition) is 5. The van der Waals surface area contributed by atoms with Crippen LogP contribution < -0.4 is 5.32 Å². The number of thiophene rings is 1. The van der Waals surface area contributed by atoms with Crippen LogP contribution in [0, 0.1) is 23.7 Å². The van der Waals surface area contributed by atoms with Crippen LogP contribution >= 0.6 is 11.3 Å². The summed E-state index contributed by atoms with van der Waals surface area (Å²) in [5.41, 5.74) is 0.302. The third-order valence-electron chi connectivity index (χ3n) is 4.44. The number of carbonyl (C=O) groups excluding carboxylic acids is 2. The summed E-state index contributed by atoms with van der Waals surface area (Å²) in [5.74, 6) is -3.21. The Labute approximate surface area is 137 Å². The molecular weight excluding hydrogens is 318 g/mol. The van der Waals surface area contributed by atoms with Crippen molar-refractivity contribution >= 4 is 34.2 Å². The number of carboxylic acid groups (broad SMARTS) is 1. The van der Waals surface area contributed by atoms with Gasteiger partial charge in [-0.25, -0.2) is 4.79 Å². The van der Waals surface area contributed by atoms with Gasteiger partial charge < -0.3 is 15.2 Å². The molecule has 0 unspecified atom stereocenters. The predicted octanol–water partition coefficient (Wildman–Crippen LogP) is 2.39. The SMILES string of the molecule is CCOC(=O)c1ccsc1NC(=O)[C@H]1[C@@H](C(=O)O)[C@H]2C=C[C@@H]1C2. The minimum Gasteiger partial charge on any atom is -0.481 e. The zero-order valence-corrected chi connectivity index (χ0v) is 13.3. The Hall–Kier alpha value is -2.15. The molecule has 2 N–H and O–H groups in total. The summed E-state index contributed by atoms with van der Waals surface area (Å²) in [5, 5.41) is 14.2. The molecule has 1 heterocycles. The number of amides is 1. The van der Waals surface area contributed by atoms with Crippen LogP contribution in [-0.4, -0.2) is 29.6 Å². The number of fused-ring (bicyclic) bond motifs is 2. The number of rotatable bonds is 5. The van der Waals surface area contributed by atoms with Crippen molar-refractivity contribution < 1.29 is 24.2 Å². The van der Waals surface area contributed by atoms with Gasteiger partial charge in [-0.3, -0.25) is 9.59 Å². The molecule has 1 amide bonds. The highest BCUT2D eigenvalue weighted by Gasteiger charge is 2.51. The van der Waals surface area contributed by atoms with E-state index in [1.165, 1.54) is 11.3 Å². The fourth-order valence-corrected chi connectivity index (χ4v) is 4.27. The second kappa shape index (κ2) is 6.16. The molecule has 6 nitrogen and oxygen atoms in total. The molecule has 1 aromatic rings. The van der Waals surface area contributed by atoms with Gasteiger partial charge in [-0.1, -0.05) is 12.2 Å². The number of aliphatic carboxylic acids is 1. The lowest BCUT2D eigenvalue weighted by Crippen LogP contribution is -2.36. The number of anilines is 1. The van der Waals surface area contributed by atoms with E-state index in [-0.39, 0.29) is 24.3 Å². The lowest BCUT2D eigenvalue weighted by molar-refractivity contribution is -0.146. The third kappa shape index (κ3) is 2.76. The van der Waals surface area contributed by atoms with Crippen LogP contribution in [0.5, 0.6) is 0 Å². The predicted molar refractivity (Wildman–Crippen MR) is 84.3 cm³/mol. The molecule has 0 aromatic carbocycles. The van der Waals surface area contributed by atoms with Crippen molar-refractivity contribution in [1.29, 1.82) is 0 Å². The molecule has 0 saturated heterocycles. The van der Waals surface area contributed by atoms with Crippen LogP contribution in [0.15, 0.2) is 23.6 Å². The average Bonchev–Trinajstić information content (AvgIpc) is 3.21. The summed E-state index contributed by atoms with van der Waals surface area (Å²) in [6.07, 6.45) is 4.52. The van der Waals surface area contributed by atoms with Crippen molar-refractivity contribution in [2.24, 2.45) is 23.7 Å². The molecule has 2 aliphatic rings. The van der Waals surface area contributed by atoms with Crippen molar-refractivity contribution in [1.82, 2.24) is 0 Å². The van der Waals surface area contributed by atoms with Crippen molar-refractivity contribution in [3.8, 4) is 0 Å². The summed E-state index contributed by atoms with van der Waals surface area (Å²) >= 11 is 1.22. The number of esters is 1. The number of allylic oxidation sites excluding steroid dienone is 2. The Morgan fingerprint density at radius 2 is 2.00 bits per heavy atom. The van der Waals surface area contributed by atoms with E-state index in [1.54, 1.807) is 18.4 Å². The Kier molecular flexibility index (Phi) is 4.21. The summed E-state index contributed by atoms with van der Waals surface area (Å²) in [6, 6.07) is 1.59. The molecule has 2 bridgehead atoms. The first-order chi connectivity index (χ1) is 11.0. The first-order valence-electron chi connectivity index (χ1n) is 7.49. The zero-order chi connectivity index (χ0) is 16.6. The van der Waals surface area contributed by atoms with Crippen molar-refractivity contribution in [3.63, 3.8) is 0 Å². The Morgan fingerprint density at radius 1 is 1.30 bits per heavy atom. The van der Waals surface area contributed by atoms with E-state index in [9.17, 15) is 19.5 Å². The van der Waals surface area contributed by atoms with E-state index >= 15 is 0 Å². The molecule has 4 atom stereocenters. The number of ether oxygens (including phenoxy) is 1. The van der Waals surface area contributed by atoms with Gasteiger partial charge in [0.1, 0.15) is 5.00 Å². The first kappa shape index (κ1) is 15.7. The minimum atomic E-state index is -0.946. The normalized spacial score (nSPS) is 27.9. The summed E-state index contributed by atoms with van der Waals surface area (Å²) in [6.45, 7) is 1.96. The van der Waals surface area contributed by atoms with E-state index in [2.05, 4.69) is 5.32 Å². The Bertz CT molecular complexity index is 680. The number of nitrogens with one attached hydrogen (secondary N) is 1. The molecule has 1 saturated carbocycles. The van der Waals surface area contributed by atoms with Gasteiger partial charge in [0.05, 0.1) is 24.0 Å². The van der Waals surface area contributed by atoms with Crippen molar-refractivity contribution in [3.05, 3.63) is 29.2 Å². The lowest BCUT2D eigenvalue weighted by atomic mass is 9.82. The van der Waals surface area contributed by atoms with Crippen molar-refractivity contribution in [2.75, 3.05) is 11.9 Å². The number of hydrogen-bond donors (Lipinski definition) is 2. The Balaban J connectivity index is 1.78. The van der Waals surface area contributed by atoms with Gasteiger partial charge >= 0.3 is 11.9 Å². The fourth-order valence-electron chi connectivity index (χ4n) is 3.49. The summed E-state index contributed by atoms with van der Waals surface area (Å²) < 4.78 is 4.95. The minimum absolute atomic E-state index is 0.0490. The monoisotopic (exact) mass is 335 g/mol. The molecule has 0 aliphatic heterocycles. The van der Waals surface area contributed by atoms with Crippen LogP contribution in [0.25, 0.3) is 0 Å². The Morgan fingerprint density at radius 3 is 2.65 bits per heavy atom. The van der Waals surface area contributed by atoms with Crippen LogP contribution in [-0.2, 0) is 14.3 Å². The maximum atomic E-state index is 12.6. The lowest BCUT2D eigenvalue weighted by Gasteiger charge is -2.23. The van der Waals surface area contributed by atoms with Gasteiger partial charge in [0.15, 0.2) is 0 Å². The standard InChI is InChI=1S/C16H17NO5S/c1-2-22-16(21)10-5-6-23-14(10)17-13(18)11-8-3-4-9(7-8)12(11)15(19)20/h3-6,8-9,11-12H,2,7H2,1H3,(H,17,18)(H,19,20)/t8-,9+,11-,12+/m1/s1. The van der Waals surface area contributed by atoms with E-state index in [1.807, 2.05) is 12.2 Å².